The molecular formula is C23H24N4O3. The number of hydrogen-bond acceptors (Lipinski definition) is 6. The van der Waals surface area contributed by atoms with Crippen LogP contribution in [0.1, 0.15) is 26.5 Å². The number of anilines is 1. The van der Waals surface area contributed by atoms with E-state index in [0.29, 0.717) is 38.0 Å². The maximum atomic E-state index is 12.3. The maximum Gasteiger partial charge on any atom is 0.410 e. The minimum absolute atomic E-state index is 0.253. The summed E-state index contributed by atoms with van der Waals surface area (Å²) < 4.78 is 11.5. The van der Waals surface area contributed by atoms with Gasteiger partial charge in [0, 0.05) is 31.7 Å². The molecule has 30 heavy (non-hydrogen) atoms. The third kappa shape index (κ3) is 3.94. The van der Waals surface area contributed by atoms with E-state index < -0.39 is 5.60 Å². The Hall–Kier alpha value is -3.53. The van der Waals surface area contributed by atoms with Crippen LogP contribution in [0.15, 0.2) is 46.9 Å². The third-order valence-electron chi connectivity index (χ3n) is 4.95. The summed E-state index contributed by atoms with van der Waals surface area (Å²) >= 11 is 0. The van der Waals surface area contributed by atoms with Gasteiger partial charge in [0.1, 0.15) is 11.7 Å². The van der Waals surface area contributed by atoms with E-state index in [0.717, 1.165) is 16.3 Å². The summed E-state index contributed by atoms with van der Waals surface area (Å²) in [6.45, 7) is 7.61. The van der Waals surface area contributed by atoms with Crippen LogP contribution in [0.2, 0.25) is 0 Å². The second-order valence-corrected chi connectivity index (χ2v) is 8.27. The number of nitriles is 1. The molecule has 0 bridgehead atoms. The summed E-state index contributed by atoms with van der Waals surface area (Å²) in [6, 6.07) is 16.1. The molecule has 3 aromatic rings. The number of oxazole rings is 1. The Morgan fingerprint density at radius 1 is 1.10 bits per heavy atom. The Morgan fingerprint density at radius 3 is 2.50 bits per heavy atom. The summed E-state index contributed by atoms with van der Waals surface area (Å²) in [5.41, 5.74) is 0.576. The molecule has 0 atom stereocenters. The molecule has 1 aliphatic rings. The summed E-state index contributed by atoms with van der Waals surface area (Å²) in [5, 5.41) is 11.7. The molecule has 0 saturated carbocycles. The highest BCUT2D eigenvalue weighted by Crippen LogP contribution is 2.33. The van der Waals surface area contributed by atoms with Crippen molar-refractivity contribution < 1.29 is 13.9 Å². The Bertz CT molecular complexity index is 1110. The van der Waals surface area contributed by atoms with Crippen LogP contribution >= 0.6 is 0 Å². The Labute approximate surface area is 175 Å². The molecule has 2 aromatic carbocycles. The van der Waals surface area contributed by atoms with E-state index in [9.17, 15) is 10.1 Å². The topological polar surface area (TPSA) is 82.6 Å². The number of aromatic nitrogens is 1. The van der Waals surface area contributed by atoms with Crippen LogP contribution in [0.4, 0.5) is 10.7 Å². The molecule has 1 saturated heterocycles. The van der Waals surface area contributed by atoms with Crippen molar-refractivity contribution in [2.45, 2.75) is 26.4 Å². The molecule has 0 unspecified atom stereocenters. The Balaban J connectivity index is 1.56. The zero-order valence-electron chi connectivity index (χ0n) is 17.4. The van der Waals surface area contributed by atoms with Crippen molar-refractivity contribution in [3.63, 3.8) is 0 Å². The van der Waals surface area contributed by atoms with Crippen LogP contribution < -0.4 is 4.90 Å². The summed E-state index contributed by atoms with van der Waals surface area (Å²) in [6.07, 6.45) is -0.323. The van der Waals surface area contributed by atoms with E-state index in [1.54, 1.807) is 4.90 Å². The van der Waals surface area contributed by atoms with Gasteiger partial charge in [0.15, 0.2) is 0 Å². The lowest BCUT2D eigenvalue weighted by Crippen LogP contribution is -2.50. The molecule has 0 N–H and O–H groups in total. The van der Waals surface area contributed by atoms with Crippen molar-refractivity contribution in [3.05, 3.63) is 48.2 Å². The molecular weight excluding hydrogens is 380 g/mol. The smallest absolute Gasteiger partial charge is 0.410 e. The predicted molar refractivity (Wildman–Crippen MR) is 114 cm³/mol. The van der Waals surface area contributed by atoms with Gasteiger partial charge in [-0.15, -0.1) is 0 Å². The molecule has 0 radical (unpaired) electrons. The number of carbonyl (C=O) groups excluding carboxylic acids is 1. The SMILES string of the molecule is CC(C)(C)OC(=O)N1CCN(c2oc(-c3cccc4ccccc34)nc2C#N)CC1. The first-order valence-electron chi connectivity index (χ1n) is 9.97. The van der Waals surface area contributed by atoms with Crippen LogP contribution in [0.25, 0.3) is 22.2 Å². The van der Waals surface area contributed by atoms with Crippen LogP contribution in [0, 0.1) is 11.3 Å². The van der Waals surface area contributed by atoms with Crippen molar-refractivity contribution in [3.8, 4) is 17.5 Å². The average Bonchev–Trinajstić information content (AvgIpc) is 3.16. The minimum atomic E-state index is -0.527. The van der Waals surface area contributed by atoms with Gasteiger partial charge >= 0.3 is 6.09 Å². The normalized spacial score (nSPS) is 14.6. The molecule has 0 aliphatic carbocycles. The van der Waals surface area contributed by atoms with Crippen molar-refractivity contribution in [2.24, 2.45) is 0 Å². The lowest BCUT2D eigenvalue weighted by molar-refractivity contribution is 0.0239. The van der Waals surface area contributed by atoms with Gasteiger partial charge in [-0.3, -0.25) is 0 Å². The second kappa shape index (κ2) is 7.71. The maximum absolute atomic E-state index is 12.3. The number of benzene rings is 2. The lowest BCUT2D eigenvalue weighted by atomic mass is 10.0. The van der Waals surface area contributed by atoms with Crippen molar-refractivity contribution >= 4 is 22.7 Å². The minimum Gasteiger partial charge on any atom is -0.444 e. The highest BCUT2D eigenvalue weighted by molar-refractivity contribution is 5.94. The van der Waals surface area contributed by atoms with Gasteiger partial charge in [-0.25, -0.2) is 4.79 Å². The fourth-order valence-electron chi connectivity index (χ4n) is 3.54. The number of nitrogens with zero attached hydrogens (tertiary/aromatic N) is 4. The lowest BCUT2D eigenvalue weighted by Gasteiger charge is -2.35. The first kappa shape index (κ1) is 19.8. The zero-order valence-corrected chi connectivity index (χ0v) is 17.4. The number of fused-ring (bicyclic) bond motifs is 1. The number of amides is 1. The highest BCUT2D eigenvalue weighted by Gasteiger charge is 2.29. The van der Waals surface area contributed by atoms with Gasteiger partial charge in [0.2, 0.25) is 17.5 Å². The molecule has 7 heteroatoms. The highest BCUT2D eigenvalue weighted by atomic mass is 16.6. The molecule has 0 spiro atoms. The molecule has 1 amide bonds. The van der Waals surface area contributed by atoms with E-state index >= 15 is 0 Å². The molecule has 1 fully saturated rings. The number of piperazine rings is 1. The van der Waals surface area contributed by atoms with Crippen molar-refractivity contribution in [1.82, 2.24) is 9.88 Å². The van der Waals surface area contributed by atoms with Crippen molar-refractivity contribution in [1.29, 1.82) is 5.26 Å². The summed E-state index contributed by atoms with van der Waals surface area (Å²) in [7, 11) is 0. The largest absolute Gasteiger partial charge is 0.444 e. The molecule has 2 heterocycles. The molecule has 154 valence electrons. The average molecular weight is 404 g/mol. The van der Waals surface area contributed by atoms with Gasteiger partial charge in [-0.1, -0.05) is 36.4 Å². The van der Waals surface area contributed by atoms with Crippen molar-refractivity contribution in [2.75, 3.05) is 31.1 Å². The monoisotopic (exact) mass is 404 g/mol. The van der Waals surface area contributed by atoms with Crippen LogP contribution in [0.3, 0.4) is 0 Å². The standard InChI is InChI=1S/C23H24N4O3/c1-23(2,3)30-22(28)27-13-11-26(12-14-27)21-19(15-24)25-20(29-21)18-10-6-8-16-7-4-5-9-17(16)18/h4-10H,11-14H2,1-3H3. The third-order valence-corrected chi connectivity index (χ3v) is 4.95. The number of rotatable bonds is 2. The van der Waals surface area contributed by atoms with E-state index in [1.807, 2.05) is 68.1 Å². The summed E-state index contributed by atoms with van der Waals surface area (Å²) in [4.78, 5) is 20.4. The van der Waals surface area contributed by atoms with Gasteiger partial charge in [-0.05, 0) is 37.6 Å². The van der Waals surface area contributed by atoms with Gasteiger partial charge in [0.25, 0.3) is 0 Å². The van der Waals surface area contributed by atoms with Gasteiger partial charge < -0.3 is 19.0 Å². The fraction of sp³-hybridized carbons (Fsp3) is 0.348. The van der Waals surface area contributed by atoms with Gasteiger partial charge in [0.05, 0.1) is 0 Å². The Kier molecular flexibility index (Phi) is 5.08. The molecule has 4 rings (SSSR count). The van der Waals surface area contributed by atoms with Crippen LogP contribution in [-0.2, 0) is 4.74 Å². The molecule has 1 aromatic heterocycles. The summed E-state index contributed by atoms with van der Waals surface area (Å²) in [5.74, 6) is 0.872. The number of carbonyl (C=O) groups is 1. The van der Waals surface area contributed by atoms with Crippen LogP contribution in [0.5, 0.6) is 0 Å². The Morgan fingerprint density at radius 2 is 1.80 bits per heavy atom. The quantitative estimate of drug-likeness (QED) is 0.629. The number of hydrogen-bond donors (Lipinski definition) is 0. The van der Waals surface area contributed by atoms with E-state index in [-0.39, 0.29) is 11.8 Å². The first-order valence-corrected chi connectivity index (χ1v) is 9.97. The molecule has 1 aliphatic heterocycles. The second-order valence-electron chi connectivity index (χ2n) is 8.27. The van der Waals surface area contributed by atoms with E-state index in [1.165, 1.54) is 0 Å². The van der Waals surface area contributed by atoms with E-state index in [4.69, 9.17) is 9.15 Å². The molecule has 7 nitrogen and oxygen atoms in total. The fourth-order valence-corrected chi connectivity index (χ4v) is 3.54. The first-order chi connectivity index (χ1) is 14.4. The zero-order chi connectivity index (χ0) is 21.3. The van der Waals surface area contributed by atoms with Gasteiger partial charge in [-0.2, -0.15) is 10.2 Å². The van der Waals surface area contributed by atoms with Crippen LogP contribution in [-0.4, -0.2) is 47.8 Å². The predicted octanol–water partition coefficient (Wildman–Crippen LogP) is 4.42. The van der Waals surface area contributed by atoms with E-state index in [2.05, 4.69) is 11.1 Å². The number of ether oxygens (including phenoxy) is 1.